The quantitative estimate of drug-likeness (QED) is 0.681. The van der Waals surface area contributed by atoms with Crippen molar-refractivity contribution < 1.29 is 12.8 Å². The molecule has 0 radical (unpaired) electrons. The van der Waals surface area contributed by atoms with Gasteiger partial charge in [0.2, 0.25) is 15.8 Å². The van der Waals surface area contributed by atoms with Gasteiger partial charge in [0, 0.05) is 6.26 Å². The third-order valence-corrected chi connectivity index (χ3v) is 3.17. The second-order valence-electron chi connectivity index (χ2n) is 3.80. The van der Waals surface area contributed by atoms with Crippen LogP contribution in [-0.2, 0) is 9.84 Å². The van der Waals surface area contributed by atoms with Gasteiger partial charge >= 0.3 is 0 Å². The Labute approximate surface area is 107 Å². The van der Waals surface area contributed by atoms with Gasteiger partial charge in [0.05, 0.1) is 11.8 Å². The zero-order valence-corrected chi connectivity index (χ0v) is 10.5. The minimum atomic E-state index is -3.56. The Bertz CT molecular complexity index is 852. The SMILES string of the molecule is CS(=O)(=O)c1nc(N)n2nc(-c3ccoc3)nc2n1. The molecule has 0 aliphatic carbocycles. The number of sulfone groups is 1. The number of aromatic nitrogens is 5. The lowest BCUT2D eigenvalue weighted by Crippen LogP contribution is -2.11. The summed E-state index contributed by atoms with van der Waals surface area (Å²) in [5.74, 6) is 0.275. The van der Waals surface area contributed by atoms with E-state index >= 15 is 0 Å². The van der Waals surface area contributed by atoms with Gasteiger partial charge in [-0.3, -0.25) is 0 Å². The molecule has 19 heavy (non-hydrogen) atoms. The number of nitrogens with two attached hydrogens (primary N) is 1. The molecule has 0 spiro atoms. The fourth-order valence-electron chi connectivity index (χ4n) is 1.47. The van der Waals surface area contributed by atoms with E-state index in [1.807, 2.05) is 0 Å². The lowest BCUT2D eigenvalue weighted by atomic mass is 10.3. The van der Waals surface area contributed by atoms with Crippen molar-refractivity contribution in [2.24, 2.45) is 0 Å². The van der Waals surface area contributed by atoms with E-state index < -0.39 is 9.84 Å². The Hall–Kier alpha value is -2.49. The summed E-state index contributed by atoms with van der Waals surface area (Å²) in [5.41, 5.74) is 6.27. The smallest absolute Gasteiger partial charge is 0.258 e. The van der Waals surface area contributed by atoms with Crippen molar-refractivity contribution in [3.8, 4) is 11.4 Å². The van der Waals surface area contributed by atoms with Crippen molar-refractivity contribution in [1.82, 2.24) is 24.6 Å². The Morgan fingerprint density at radius 1 is 1.32 bits per heavy atom. The average molecular weight is 280 g/mol. The van der Waals surface area contributed by atoms with Crippen molar-refractivity contribution in [2.75, 3.05) is 12.0 Å². The molecule has 2 N–H and O–H groups in total. The fraction of sp³-hybridized carbons (Fsp3) is 0.111. The highest BCUT2D eigenvalue weighted by atomic mass is 32.2. The molecule has 0 unspecified atom stereocenters. The molecule has 10 heteroatoms. The molecule has 0 aromatic carbocycles. The van der Waals surface area contributed by atoms with Gasteiger partial charge in [-0.05, 0) is 6.07 Å². The largest absolute Gasteiger partial charge is 0.472 e. The van der Waals surface area contributed by atoms with Crippen LogP contribution in [0.25, 0.3) is 17.2 Å². The molecular formula is C9H8N6O3S. The van der Waals surface area contributed by atoms with E-state index in [1.54, 1.807) is 6.07 Å². The maximum Gasteiger partial charge on any atom is 0.258 e. The first-order chi connectivity index (χ1) is 8.95. The van der Waals surface area contributed by atoms with Crippen LogP contribution in [0.3, 0.4) is 0 Å². The Kier molecular flexibility index (Phi) is 2.29. The summed E-state index contributed by atoms with van der Waals surface area (Å²) in [6, 6.07) is 1.66. The summed E-state index contributed by atoms with van der Waals surface area (Å²) >= 11 is 0. The summed E-state index contributed by atoms with van der Waals surface area (Å²) in [7, 11) is -3.56. The first-order valence-corrected chi connectivity index (χ1v) is 6.97. The molecule has 3 aromatic rings. The highest BCUT2D eigenvalue weighted by Gasteiger charge is 2.17. The molecule has 0 bridgehead atoms. The summed E-state index contributed by atoms with van der Waals surface area (Å²) in [4.78, 5) is 11.6. The number of rotatable bonds is 2. The third kappa shape index (κ3) is 1.91. The molecule has 0 saturated heterocycles. The highest BCUT2D eigenvalue weighted by molar-refractivity contribution is 7.90. The van der Waals surface area contributed by atoms with Crippen LogP contribution < -0.4 is 5.73 Å². The molecule has 98 valence electrons. The Balaban J connectivity index is 2.26. The van der Waals surface area contributed by atoms with Crippen molar-refractivity contribution in [3.63, 3.8) is 0 Å². The molecule has 3 rings (SSSR count). The molecule has 0 amide bonds. The summed E-state index contributed by atoms with van der Waals surface area (Å²) in [6.45, 7) is 0. The van der Waals surface area contributed by atoms with Crippen molar-refractivity contribution >= 4 is 21.6 Å². The van der Waals surface area contributed by atoms with Crippen LogP contribution in [0.4, 0.5) is 5.95 Å². The lowest BCUT2D eigenvalue weighted by Gasteiger charge is -1.99. The van der Waals surface area contributed by atoms with Crippen LogP contribution in [0.1, 0.15) is 0 Å². The van der Waals surface area contributed by atoms with Crippen LogP contribution in [-0.4, -0.2) is 39.2 Å². The zero-order valence-electron chi connectivity index (χ0n) is 9.68. The van der Waals surface area contributed by atoms with Gasteiger partial charge in [-0.2, -0.15) is 19.5 Å². The van der Waals surface area contributed by atoms with E-state index in [0.717, 1.165) is 10.8 Å². The molecule has 9 nitrogen and oxygen atoms in total. The standard InChI is InChI=1S/C9H8N6O3S/c1-19(16,17)9-12-7(10)15-8(13-9)11-6(14-15)5-2-3-18-4-5/h2-4H,1H3,(H2,10,11,12,13,14). The van der Waals surface area contributed by atoms with Gasteiger partial charge in [-0.1, -0.05) is 0 Å². The van der Waals surface area contributed by atoms with E-state index in [9.17, 15) is 8.42 Å². The molecule has 3 aromatic heterocycles. The maximum absolute atomic E-state index is 11.4. The predicted molar refractivity (Wildman–Crippen MR) is 63.8 cm³/mol. The van der Waals surface area contributed by atoms with E-state index in [-0.39, 0.29) is 16.9 Å². The number of hydrogen-bond donors (Lipinski definition) is 1. The molecule has 0 saturated carbocycles. The Morgan fingerprint density at radius 3 is 2.74 bits per heavy atom. The minimum Gasteiger partial charge on any atom is -0.472 e. The first-order valence-electron chi connectivity index (χ1n) is 5.08. The van der Waals surface area contributed by atoms with Crippen molar-refractivity contribution in [1.29, 1.82) is 0 Å². The molecule has 0 aliphatic heterocycles. The third-order valence-electron chi connectivity index (χ3n) is 2.32. The topological polar surface area (TPSA) is 129 Å². The number of nitrogen functional groups attached to an aromatic ring is 1. The van der Waals surface area contributed by atoms with Gasteiger partial charge < -0.3 is 10.2 Å². The van der Waals surface area contributed by atoms with Crippen molar-refractivity contribution in [3.05, 3.63) is 18.6 Å². The van der Waals surface area contributed by atoms with Crippen LogP contribution in [0.5, 0.6) is 0 Å². The molecule has 0 aliphatic rings. The second-order valence-corrected chi connectivity index (χ2v) is 5.71. The summed E-state index contributed by atoms with van der Waals surface area (Å²) in [5, 5.41) is 3.69. The van der Waals surface area contributed by atoms with Gasteiger partial charge in [-0.25, -0.2) is 8.42 Å². The first kappa shape index (κ1) is 11.6. The van der Waals surface area contributed by atoms with Gasteiger partial charge in [0.1, 0.15) is 6.26 Å². The van der Waals surface area contributed by atoms with Crippen molar-refractivity contribution in [2.45, 2.75) is 5.16 Å². The number of fused-ring (bicyclic) bond motifs is 1. The lowest BCUT2D eigenvalue weighted by molar-refractivity contribution is 0.568. The van der Waals surface area contributed by atoms with Crippen LogP contribution >= 0.6 is 0 Å². The van der Waals surface area contributed by atoms with Gasteiger partial charge in [0.15, 0.2) is 5.82 Å². The number of hydrogen-bond acceptors (Lipinski definition) is 8. The molecular weight excluding hydrogens is 272 g/mol. The Morgan fingerprint density at radius 2 is 2.11 bits per heavy atom. The predicted octanol–water partition coefficient (Wildman–Crippen LogP) is -0.235. The second kappa shape index (κ2) is 3.75. The number of nitrogens with zero attached hydrogens (tertiary/aromatic N) is 5. The average Bonchev–Trinajstić information content (AvgIpc) is 2.95. The summed E-state index contributed by atoms with van der Waals surface area (Å²) < 4.78 is 28.9. The number of furan rings is 1. The van der Waals surface area contributed by atoms with Crippen LogP contribution in [0.2, 0.25) is 0 Å². The van der Waals surface area contributed by atoms with Crippen LogP contribution in [0, 0.1) is 0 Å². The van der Waals surface area contributed by atoms with E-state index in [4.69, 9.17) is 10.2 Å². The monoisotopic (exact) mass is 280 g/mol. The van der Waals surface area contributed by atoms with Gasteiger partial charge in [0.25, 0.3) is 10.9 Å². The van der Waals surface area contributed by atoms with Crippen LogP contribution in [0.15, 0.2) is 28.2 Å². The minimum absolute atomic E-state index is 0.0594. The molecule has 0 atom stereocenters. The molecule has 0 fully saturated rings. The maximum atomic E-state index is 11.4. The van der Waals surface area contributed by atoms with E-state index in [2.05, 4.69) is 20.1 Å². The number of anilines is 1. The molecule has 3 heterocycles. The van der Waals surface area contributed by atoms with E-state index in [0.29, 0.717) is 11.4 Å². The normalized spacial score (nSPS) is 12.1. The van der Waals surface area contributed by atoms with Gasteiger partial charge in [-0.15, -0.1) is 5.10 Å². The van der Waals surface area contributed by atoms with E-state index in [1.165, 1.54) is 12.5 Å². The fourth-order valence-corrected chi connectivity index (χ4v) is 1.97. The zero-order chi connectivity index (χ0) is 13.6. The highest BCUT2D eigenvalue weighted by Crippen LogP contribution is 2.17. The summed E-state index contributed by atoms with van der Waals surface area (Å²) in [6.07, 6.45) is 3.92.